The topological polar surface area (TPSA) is 42.5 Å². The highest BCUT2D eigenvalue weighted by Gasteiger charge is 2.06. The van der Waals surface area contributed by atoms with E-state index in [1.165, 1.54) is 6.07 Å². The fraction of sp³-hybridized carbons (Fsp3) is 0.316. The first-order chi connectivity index (χ1) is 12.1. The number of ether oxygens (including phenoxy) is 2. The largest absolute Gasteiger partial charge is 0.497 e. The predicted molar refractivity (Wildman–Crippen MR) is 102 cm³/mol. The lowest BCUT2D eigenvalue weighted by Gasteiger charge is -2.13. The van der Waals surface area contributed by atoms with E-state index in [9.17, 15) is 4.39 Å². The highest BCUT2D eigenvalue weighted by Crippen LogP contribution is 2.24. The lowest BCUT2D eigenvalue weighted by atomic mass is 10.1. The summed E-state index contributed by atoms with van der Waals surface area (Å²) in [4.78, 5) is 0. The summed E-state index contributed by atoms with van der Waals surface area (Å²) < 4.78 is 24.1. The van der Waals surface area contributed by atoms with Gasteiger partial charge in [-0.15, -0.1) is 0 Å². The monoisotopic (exact) mass is 362 g/mol. The number of hydrogen-bond donors (Lipinski definition) is 2. The van der Waals surface area contributed by atoms with Gasteiger partial charge in [0.05, 0.1) is 14.2 Å². The van der Waals surface area contributed by atoms with Gasteiger partial charge in [0.2, 0.25) is 0 Å². The van der Waals surface area contributed by atoms with Crippen LogP contribution in [0.25, 0.3) is 0 Å². The summed E-state index contributed by atoms with van der Waals surface area (Å²) in [5, 5.41) is 6.80. The Bertz CT molecular complexity index is 710. The Labute approximate surface area is 153 Å². The van der Waals surface area contributed by atoms with Crippen molar-refractivity contribution in [3.63, 3.8) is 0 Å². The fourth-order valence-electron chi connectivity index (χ4n) is 2.46. The summed E-state index contributed by atoms with van der Waals surface area (Å²) in [6, 6.07) is 12.5. The molecule has 134 valence electrons. The van der Waals surface area contributed by atoms with Gasteiger partial charge < -0.3 is 20.1 Å². The lowest BCUT2D eigenvalue weighted by molar-refractivity contribution is 0.398. The molecule has 0 amide bonds. The molecule has 2 aromatic carbocycles. The maximum absolute atomic E-state index is 13.5. The van der Waals surface area contributed by atoms with E-state index in [0.717, 1.165) is 23.5 Å². The van der Waals surface area contributed by atoms with Crippen molar-refractivity contribution < 1.29 is 13.9 Å². The molecule has 0 unspecified atom stereocenters. The number of nitrogens with one attached hydrogen (secondary N) is 2. The van der Waals surface area contributed by atoms with Crippen molar-refractivity contribution in [3.05, 3.63) is 59.4 Å². The molecule has 25 heavy (non-hydrogen) atoms. The van der Waals surface area contributed by atoms with Crippen molar-refractivity contribution in [1.82, 2.24) is 10.6 Å². The minimum absolute atomic E-state index is 0.187. The van der Waals surface area contributed by atoms with E-state index in [0.29, 0.717) is 30.2 Å². The lowest BCUT2D eigenvalue weighted by Crippen LogP contribution is -2.37. The van der Waals surface area contributed by atoms with Crippen molar-refractivity contribution in [1.29, 1.82) is 0 Å². The molecule has 2 N–H and O–H groups in total. The van der Waals surface area contributed by atoms with Gasteiger partial charge in [0.25, 0.3) is 0 Å². The molecule has 0 spiro atoms. The summed E-state index contributed by atoms with van der Waals surface area (Å²) in [7, 11) is 3.28. The number of thiocarbonyl (C=S) groups is 1. The van der Waals surface area contributed by atoms with E-state index in [1.807, 2.05) is 24.3 Å². The van der Waals surface area contributed by atoms with Crippen molar-refractivity contribution in [2.45, 2.75) is 12.8 Å². The van der Waals surface area contributed by atoms with E-state index < -0.39 is 0 Å². The number of rotatable bonds is 8. The van der Waals surface area contributed by atoms with Gasteiger partial charge in [0.1, 0.15) is 17.3 Å². The van der Waals surface area contributed by atoms with E-state index in [4.69, 9.17) is 21.7 Å². The maximum atomic E-state index is 13.5. The van der Waals surface area contributed by atoms with Gasteiger partial charge in [-0.2, -0.15) is 0 Å². The van der Waals surface area contributed by atoms with Crippen molar-refractivity contribution in [2.75, 3.05) is 27.3 Å². The van der Waals surface area contributed by atoms with Crippen LogP contribution in [-0.2, 0) is 12.8 Å². The van der Waals surface area contributed by atoms with E-state index in [2.05, 4.69) is 10.6 Å². The molecule has 0 bridgehead atoms. The summed E-state index contributed by atoms with van der Waals surface area (Å²) >= 11 is 5.26. The Morgan fingerprint density at radius 1 is 0.960 bits per heavy atom. The number of halogens is 1. The summed E-state index contributed by atoms with van der Waals surface area (Å²) in [5.41, 5.74) is 1.72. The molecular formula is C19H23FN2O2S. The second kappa shape index (κ2) is 9.84. The molecule has 2 rings (SSSR count). The van der Waals surface area contributed by atoms with Crippen LogP contribution >= 0.6 is 12.2 Å². The SMILES string of the molecule is COc1ccc(OC)c(CCNC(=S)NCCc2ccccc2F)c1. The molecule has 6 heteroatoms. The molecule has 4 nitrogen and oxygen atoms in total. The number of methoxy groups -OCH3 is 2. The molecule has 2 aromatic rings. The molecule has 0 fully saturated rings. The van der Waals surface area contributed by atoms with Gasteiger partial charge >= 0.3 is 0 Å². The third kappa shape index (κ3) is 5.90. The minimum atomic E-state index is -0.187. The summed E-state index contributed by atoms with van der Waals surface area (Å²) in [5.74, 6) is 1.43. The molecule has 0 aliphatic heterocycles. The van der Waals surface area contributed by atoms with Crippen molar-refractivity contribution >= 4 is 17.3 Å². The number of hydrogen-bond acceptors (Lipinski definition) is 3. The van der Waals surface area contributed by atoms with Gasteiger partial charge in [-0.3, -0.25) is 0 Å². The third-order valence-electron chi connectivity index (χ3n) is 3.81. The van der Waals surface area contributed by atoms with Crippen LogP contribution < -0.4 is 20.1 Å². The first kappa shape index (κ1) is 19.0. The van der Waals surface area contributed by atoms with Gasteiger partial charge in [0, 0.05) is 13.1 Å². The van der Waals surface area contributed by atoms with Gasteiger partial charge in [-0.05, 0) is 60.5 Å². The van der Waals surface area contributed by atoms with E-state index in [1.54, 1.807) is 26.4 Å². The van der Waals surface area contributed by atoms with Crippen molar-refractivity contribution in [3.8, 4) is 11.5 Å². The number of benzene rings is 2. The van der Waals surface area contributed by atoms with Crippen LogP contribution in [0.2, 0.25) is 0 Å². The molecular weight excluding hydrogens is 339 g/mol. The molecule has 0 saturated carbocycles. The molecule has 0 heterocycles. The van der Waals surface area contributed by atoms with Gasteiger partial charge in [-0.25, -0.2) is 4.39 Å². The summed E-state index contributed by atoms with van der Waals surface area (Å²) in [6.07, 6.45) is 1.33. The van der Waals surface area contributed by atoms with E-state index in [-0.39, 0.29) is 5.82 Å². The third-order valence-corrected chi connectivity index (χ3v) is 4.09. The molecule has 0 aliphatic carbocycles. The zero-order valence-electron chi connectivity index (χ0n) is 14.5. The second-order valence-electron chi connectivity index (χ2n) is 5.45. The van der Waals surface area contributed by atoms with Crippen LogP contribution in [0, 0.1) is 5.82 Å². The highest BCUT2D eigenvalue weighted by molar-refractivity contribution is 7.80. The zero-order chi connectivity index (χ0) is 18.1. The van der Waals surface area contributed by atoms with Crippen LogP contribution in [0.1, 0.15) is 11.1 Å². The van der Waals surface area contributed by atoms with Crippen LogP contribution in [0.4, 0.5) is 4.39 Å². The molecule has 0 atom stereocenters. The van der Waals surface area contributed by atoms with Crippen molar-refractivity contribution in [2.24, 2.45) is 0 Å². The summed E-state index contributed by atoms with van der Waals surface area (Å²) in [6.45, 7) is 1.24. The predicted octanol–water partition coefficient (Wildman–Crippen LogP) is 3.09. The normalized spacial score (nSPS) is 10.2. The first-order valence-electron chi connectivity index (χ1n) is 8.10. The average molecular weight is 362 g/mol. The first-order valence-corrected chi connectivity index (χ1v) is 8.51. The van der Waals surface area contributed by atoms with Gasteiger partial charge in [-0.1, -0.05) is 18.2 Å². The standard InChI is InChI=1S/C19H23FN2O2S/c1-23-16-7-8-18(24-2)15(13-16)10-12-22-19(25)21-11-9-14-5-3-4-6-17(14)20/h3-8,13H,9-12H2,1-2H3,(H2,21,22,25). The Balaban J connectivity index is 1.74. The smallest absolute Gasteiger partial charge is 0.166 e. The van der Waals surface area contributed by atoms with Crippen LogP contribution in [0.3, 0.4) is 0 Å². The molecule has 0 aromatic heterocycles. The Hall–Kier alpha value is -2.34. The van der Waals surface area contributed by atoms with Crippen LogP contribution in [0.5, 0.6) is 11.5 Å². The molecule has 0 radical (unpaired) electrons. The Morgan fingerprint density at radius 2 is 1.64 bits per heavy atom. The minimum Gasteiger partial charge on any atom is -0.497 e. The quantitative estimate of drug-likeness (QED) is 0.707. The van der Waals surface area contributed by atoms with Crippen LogP contribution in [-0.4, -0.2) is 32.4 Å². The van der Waals surface area contributed by atoms with E-state index >= 15 is 0 Å². The fourth-order valence-corrected chi connectivity index (χ4v) is 2.67. The highest BCUT2D eigenvalue weighted by atomic mass is 32.1. The molecule has 0 saturated heterocycles. The Morgan fingerprint density at radius 3 is 2.28 bits per heavy atom. The second-order valence-corrected chi connectivity index (χ2v) is 5.86. The molecule has 0 aliphatic rings. The van der Waals surface area contributed by atoms with Gasteiger partial charge in [0.15, 0.2) is 5.11 Å². The maximum Gasteiger partial charge on any atom is 0.166 e. The zero-order valence-corrected chi connectivity index (χ0v) is 15.3. The van der Waals surface area contributed by atoms with Crippen LogP contribution in [0.15, 0.2) is 42.5 Å². The Kier molecular flexibility index (Phi) is 7.47. The average Bonchev–Trinajstić information content (AvgIpc) is 2.63.